The van der Waals surface area contributed by atoms with Crippen molar-refractivity contribution in [1.29, 1.82) is 0 Å². The first-order valence-corrected chi connectivity index (χ1v) is 6.43. The molecule has 0 fully saturated rings. The van der Waals surface area contributed by atoms with Gasteiger partial charge in [0.05, 0.1) is 0 Å². The first-order chi connectivity index (χ1) is 9.75. The molecule has 0 bridgehead atoms. The zero-order chi connectivity index (χ0) is 14.2. The van der Waals surface area contributed by atoms with Crippen LogP contribution in [0.1, 0.15) is 5.56 Å². The Morgan fingerprint density at radius 2 is 1.75 bits per heavy atom. The molecule has 1 amide bonds. The third-order valence-corrected chi connectivity index (χ3v) is 2.77. The van der Waals surface area contributed by atoms with E-state index in [1.54, 1.807) is 12.1 Å². The van der Waals surface area contributed by atoms with E-state index in [1.165, 1.54) is 12.1 Å². The molecule has 0 aliphatic carbocycles. The van der Waals surface area contributed by atoms with Crippen LogP contribution in [0.2, 0.25) is 0 Å². The van der Waals surface area contributed by atoms with Crippen molar-refractivity contribution in [3.05, 3.63) is 66.0 Å². The second kappa shape index (κ2) is 7.28. The van der Waals surface area contributed by atoms with Gasteiger partial charge in [-0.15, -0.1) is 0 Å². The van der Waals surface area contributed by atoms with Gasteiger partial charge in [-0.25, -0.2) is 4.39 Å². The highest BCUT2D eigenvalue weighted by atomic mass is 19.1. The maximum atomic E-state index is 13.3. The van der Waals surface area contributed by atoms with Gasteiger partial charge in [0.25, 0.3) is 5.91 Å². The van der Waals surface area contributed by atoms with E-state index in [4.69, 9.17) is 4.74 Å². The summed E-state index contributed by atoms with van der Waals surface area (Å²) in [6.07, 6.45) is 0.756. The van der Waals surface area contributed by atoms with Gasteiger partial charge in [-0.1, -0.05) is 42.5 Å². The summed E-state index contributed by atoms with van der Waals surface area (Å²) in [6, 6.07) is 15.9. The SMILES string of the molecule is O=C(COc1ccccc1F)NCCc1ccccc1. The predicted molar refractivity (Wildman–Crippen MR) is 75.1 cm³/mol. The van der Waals surface area contributed by atoms with Crippen molar-refractivity contribution in [3.63, 3.8) is 0 Å². The van der Waals surface area contributed by atoms with Crippen LogP contribution >= 0.6 is 0 Å². The summed E-state index contributed by atoms with van der Waals surface area (Å²) in [5.41, 5.74) is 1.16. The predicted octanol–water partition coefficient (Wildman–Crippen LogP) is 2.56. The van der Waals surface area contributed by atoms with Crippen molar-refractivity contribution in [3.8, 4) is 5.75 Å². The van der Waals surface area contributed by atoms with E-state index in [1.807, 2.05) is 30.3 Å². The van der Waals surface area contributed by atoms with Crippen molar-refractivity contribution in [2.24, 2.45) is 0 Å². The number of hydrogen-bond acceptors (Lipinski definition) is 2. The number of carbonyl (C=O) groups is 1. The largest absolute Gasteiger partial charge is 0.481 e. The summed E-state index contributed by atoms with van der Waals surface area (Å²) in [5, 5.41) is 2.73. The first-order valence-electron chi connectivity index (χ1n) is 6.43. The number of ether oxygens (including phenoxy) is 1. The molecule has 2 aromatic rings. The van der Waals surface area contributed by atoms with Gasteiger partial charge in [-0.2, -0.15) is 0 Å². The average Bonchev–Trinajstić information content (AvgIpc) is 2.47. The molecule has 0 radical (unpaired) electrons. The molecule has 0 aliphatic heterocycles. The Balaban J connectivity index is 1.70. The van der Waals surface area contributed by atoms with Crippen molar-refractivity contribution < 1.29 is 13.9 Å². The summed E-state index contributed by atoms with van der Waals surface area (Å²) in [6.45, 7) is 0.346. The molecule has 1 N–H and O–H groups in total. The fourth-order valence-corrected chi connectivity index (χ4v) is 1.75. The number of hydrogen-bond donors (Lipinski definition) is 1. The zero-order valence-electron chi connectivity index (χ0n) is 11.0. The molecule has 20 heavy (non-hydrogen) atoms. The van der Waals surface area contributed by atoms with Crippen LogP contribution in [0.3, 0.4) is 0 Å². The summed E-state index contributed by atoms with van der Waals surface area (Å²) < 4.78 is 18.4. The summed E-state index contributed by atoms with van der Waals surface area (Å²) >= 11 is 0. The Kier molecular flexibility index (Phi) is 5.12. The van der Waals surface area contributed by atoms with E-state index in [2.05, 4.69) is 5.32 Å². The molecular formula is C16H16FNO2. The third kappa shape index (κ3) is 4.39. The van der Waals surface area contributed by atoms with E-state index in [0.29, 0.717) is 6.54 Å². The number of nitrogens with one attached hydrogen (secondary N) is 1. The number of rotatable bonds is 6. The highest BCUT2D eigenvalue weighted by Crippen LogP contribution is 2.14. The molecule has 0 spiro atoms. The molecule has 0 atom stereocenters. The lowest BCUT2D eigenvalue weighted by molar-refractivity contribution is -0.123. The van der Waals surface area contributed by atoms with Gasteiger partial charge < -0.3 is 10.1 Å². The smallest absolute Gasteiger partial charge is 0.257 e. The zero-order valence-corrected chi connectivity index (χ0v) is 11.0. The average molecular weight is 273 g/mol. The summed E-state index contributed by atoms with van der Waals surface area (Å²) in [7, 11) is 0. The van der Waals surface area contributed by atoms with Crippen LogP contribution in [-0.4, -0.2) is 19.1 Å². The molecule has 3 nitrogen and oxygen atoms in total. The van der Waals surface area contributed by atoms with Crippen LogP contribution in [-0.2, 0) is 11.2 Å². The summed E-state index contributed by atoms with van der Waals surface area (Å²) in [4.78, 5) is 11.6. The van der Waals surface area contributed by atoms with E-state index in [-0.39, 0.29) is 18.3 Å². The third-order valence-electron chi connectivity index (χ3n) is 2.77. The van der Waals surface area contributed by atoms with Crippen molar-refractivity contribution >= 4 is 5.91 Å². The lowest BCUT2D eigenvalue weighted by Gasteiger charge is -2.08. The van der Waals surface area contributed by atoms with E-state index in [0.717, 1.165) is 12.0 Å². The number of carbonyl (C=O) groups excluding carboxylic acids is 1. The summed E-state index contributed by atoms with van der Waals surface area (Å²) in [5.74, 6) is -0.639. The lowest BCUT2D eigenvalue weighted by atomic mass is 10.1. The highest BCUT2D eigenvalue weighted by Gasteiger charge is 2.05. The lowest BCUT2D eigenvalue weighted by Crippen LogP contribution is -2.30. The molecule has 0 saturated carbocycles. The molecule has 2 rings (SSSR count). The molecule has 104 valence electrons. The Bertz CT molecular complexity index is 557. The topological polar surface area (TPSA) is 38.3 Å². The van der Waals surface area contributed by atoms with Crippen LogP contribution < -0.4 is 10.1 Å². The Hall–Kier alpha value is -2.36. The fourth-order valence-electron chi connectivity index (χ4n) is 1.75. The van der Waals surface area contributed by atoms with Crippen LogP contribution in [0.25, 0.3) is 0 Å². The van der Waals surface area contributed by atoms with E-state index in [9.17, 15) is 9.18 Å². The molecule has 4 heteroatoms. The van der Waals surface area contributed by atoms with Gasteiger partial charge >= 0.3 is 0 Å². The maximum Gasteiger partial charge on any atom is 0.257 e. The number of para-hydroxylation sites is 1. The molecule has 0 unspecified atom stereocenters. The number of halogens is 1. The minimum Gasteiger partial charge on any atom is -0.481 e. The van der Waals surface area contributed by atoms with Crippen LogP contribution in [0.5, 0.6) is 5.75 Å². The quantitative estimate of drug-likeness (QED) is 0.878. The van der Waals surface area contributed by atoms with Crippen LogP contribution in [0.15, 0.2) is 54.6 Å². The molecule has 2 aromatic carbocycles. The first kappa shape index (κ1) is 14.1. The Labute approximate surface area is 117 Å². The van der Waals surface area contributed by atoms with Gasteiger partial charge in [0.2, 0.25) is 0 Å². The van der Waals surface area contributed by atoms with Gasteiger partial charge in [0, 0.05) is 6.54 Å². The number of amides is 1. The van der Waals surface area contributed by atoms with Gasteiger partial charge in [0.15, 0.2) is 18.2 Å². The van der Waals surface area contributed by atoms with Gasteiger partial charge in [-0.3, -0.25) is 4.79 Å². The van der Waals surface area contributed by atoms with Crippen molar-refractivity contribution in [2.45, 2.75) is 6.42 Å². The van der Waals surface area contributed by atoms with E-state index < -0.39 is 5.82 Å². The van der Waals surface area contributed by atoms with Gasteiger partial charge in [0.1, 0.15) is 0 Å². The Morgan fingerprint density at radius 1 is 1.05 bits per heavy atom. The number of benzene rings is 2. The minimum atomic E-state index is -0.468. The second-order valence-corrected chi connectivity index (χ2v) is 4.30. The molecule has 0 aliphatic rings. The molecular weight excluding hydrogens is 257 g/mol. The van der Waals surface area contributed by atoms with Crippen molar-refractivity contribution in [2.75, 3.05) is 13.2 Å². The molecule has 0 heterocycles. The van der Waals surface area contributed by atoms with Crippen LogP contribution in [0.4, 0.5) is 4.39 Å². The maximum absolute atomic E-state index is 13.3. The molecule has 0 aromatic heterocycles. The second-order valence-electron chi connectivity index (χ2n) is 4.30. The van der Waals surface area contributed by atoms with Crippen LogP contribution in [0, 0.1) is 5.82 Å². The van der Waals surface area contributed by atoms with Crippen molar-refractivity contribution in [1.82, 2.24) is 5.32 Å². The minimum absolute atomic E-state index is 0.0886. The fraction of sp³-hybridized carbons (Fsp3) is 0.188. The standard InChI is InChI=1S/C16H16FNO2/c17-14-8-4-5-9-15(14)20-12-16(19)18-11-10-13-6-2-1-3-7-13/h1-9H,10-12H2,(H,18,19). The molecule has 0 saturated heterocycles. The van der Waals surface area contributed by atoms with E-state index >= 15 is 0 Å². The van der Waals surface area contributed by atoms with Gasteiger partial charge in [-0.05, 0) is 24.1 Å². The highest BCUT2D eigenvalue weighted by molar-refractivity contribution is 5.77. The monoisotopic (exact) mass is 273 g/mol. The normalized spacial score (nSPS) is 10.1. The Morgan fingerprint density at radius 3 is 2.50 bits per heavy atom.